The largest absolute Gasteiger partial charge is 0.497 e. The molecular weight excluding hydrogens is 434 g/mol. The van der Waals surface area contributed by atoms with E-state index >= 15 is 0 Å². The van der Waals surface area contributed by atoms with Crippen LogP contribution in [0.25, 0.3) is 0 Å². The highest BCUT2D eigenvalue weighted by molar-refractivity contribution is 5.98. The molecule has 0 radical (unpaired) electrons. The van der Waals surface area contributed by atoms with E-state index in [4.69, 9.17) is 9.47 Å². The number of methoxy groups -OCH3 is 2. The Kier molecular flexibility index (Phi) is 8.67. The molecule has 0 bridgehead atoms. The van der Waals surface area contributed by atoms with Crippen LogP contribution in [-0.4, -0.2) is 62.5 Å². The van der Waals surface area contributed by atoms with Crippen LogP contribution < -0.4 is 20.1 Å². The van der Waals surface area contributed by atoms with Crippen molar-refractivity contribution >= 4 is 17.7 Å². The SMILES string of the molecule is C=CCNC(=O)[C@H](NC(=O)c1cccc(OC)c1)C1CCN(C(=O)c2ccc(OC)cc2)CC1. The van der Waals surface area contributed by atoms with E-state index in [2.05, 4.69) is 17.2 Å². The Morgan fingerprint density at radius 3 is 2.32 bits per heavy atom. The number of nitrogens with zero attached hydrogens (tertiary/aromatic N) is 1. The molecule has 1 saturated heterocycles. The van der Waals surface area contributed by atoms with Gasteiger partial charge in [-0.15, -0.1) is 6.58 Å². The summed E-state index contributed by atoms with van der Waals surface area (Å²) < 4.78 is 10.3. The highest BCUT2D eigenvalue weighted by Gasteiger charge is 2.34. The second-order valence-corrected chi connectivity index (χ2v) is 8.08. The van der Waals surface area contributed by atoms with Gasteiger partial charge in [-0.3, -0.25) is 14.4 Å². The molecular formula is C26H31N3O5. The quantitative estimate of drug-likeness (QED) is 0.555. The van der Waals surface area contributed by atoms with Gasteiger partial charge in [-0.1, -0.05) is 12.1 Å². The topological polar surface area (TPSA) is 97.0 Å². The number of hydrogen-bond acceptors (Lipinski definition) is 5. The van der Waals surface area contributed by atoms with Gasteiger partial charge in [0.2, 0.25) is 5.91 Å². The number of rotatable bonds is 9. The lowest BCUT2D eigenvalue weighted by atomic mass is 9.88. The lowest BCUT2D eigenvalue weighted by Crippen LogP contribution is -2.53. The molecule has 1 fully saturated rings. The third-order valence-electron chi connectivity index (χ3n) is 5.96. The number of hydrogen-bond donors (Lipinski definition) is 2. The molecule has 8 nitrogen and oxygen atoms in total. The molecule has 0 aromatic heterocycles. The van der Waals surface area contributed by atoms with E-state index in [1.807, 2.05) is 0 Å². The van der Waals surface area contributed by atoms with Crippen LogP contribution in [0.4, 0.5) is 0 Å². The smallest absolute Gasteiger partial charge is 0.253 e. The molecule has 3 rings (SSSR count). The Balaban J connectivity index is 1.68. The molecule has 8 heteroatoms. The second-order valence-electron chi connectivity index (χ2n) is 8.08. The maximum absolute atomic E-state index is 12.9. The first kappa shape index (κ1) is 24.8. The lowest BCUT2D eigenvalue weighted by molar-refractivity contribution is -0.124. The summed E-state index contributed by atoms with van der Waals surface area (Å²) in [7, 11) is 3.11. The third kappa shape index (κ3) is 6.15. The van der Waals surface area contributed by atoms with Crippen molar-refractivity contribution in [2.75, 3.05) is 33.9 Å². The molecule has 1 heterocycles. The van der Waals surface area contributed by atoms with Crippen LogP contribution in [0.3, 0.4) is 0 Å². The average Bonchev–Trinajstić information content (AvgIpc) is 2.90. The standard InChI is InChI=1S/C26H31N3O5/c1-4-14-27-25(31)23(28-24(30)20-6-5-7-22(17-20)34-3)18-12-15-29(16-13-18)26(32)19-8-10-21(33-2)11-9-19/h4-11,17-18,23H,1,12-16H2,2-3H3,(H,27,31)(H,28,30)/t23-/m1/s1. The first-order valence-corrected chi connectivity index (χ1v) is 11.2. The Bertz CT molecular complexity index is 1010. The van der Waals surface area contributed by atoms with Crippen LogP contribution >= 0.6 is 0 Å². The maximum Gasteiger partial charge on any atom is 0.253 e. The maximum atomic E-state index is 12.9. The highest BCUT2D eigenvalue weighted by Crippen LogP contribution is 2.24. The predicted octanol–water partition coefficient (Wildman–Crippen LogP) is 2.66. The molecule has 0 spiro atoms. The van der Waals surface area contributed by atoms with Crippen molar-refractivity contribution in [2.45, 2.75) is 18.9 Å². The van der Waals surface area contributed by atoms with Crippen LogP contribution in [-0.2, 0) is 4.79 Å². The summed E-state index contributed by atoms with van der Waals surface area (Å²) in [6.45, 7) is 4.93. The monoisotopic (exact) mass is 465 g/mol. The van der Waals surface area contributed by atoms with Gasteiger partial charge in [0, 0.05) is 30.8 Å². The van der Waals surface area contributed by atoms with Gasteiger partial charge in [0.25, 0.3) is 11.8 Å². The molecule has 34 heavy (non-hydrogen) atoms. The third-order valence-corrected chi connectivity index (χ3v) is 5.96. The van der Waals surface area contributed by atoms with Crippen molar-refractivity contribution in [1.29, 1.82) is 0 Å². The zero-order chi connectivity index (χ0) is 24.5. The molecule has 2 aromatic rings. The van der Waals surface area contributed by atoms with E-state index in [0.29, 0.717) is 55.1 Å². The van der Waals surface area contributed by atoms with Crippen LogP contribution in [0.5, 0.6) is 11.5 Å². The molecule has 2 aromatic carbocycles. The summed E-state index contributed by atoms with van der Waals surface area (Å²) in [4.78, 5) is 40.5. The number of likely N-dealkylation sites (tertiary alicyclic amines) is 1. The molecule has 180 valence electrons. The fourth-order valence-electron chi connectivity index (χ4n) is 4.02. The lowest BCUT2D eigenvalue weighted by Gasteiger charge is -2.36. The first-order valence-electron chi connectivity index (χ1n) is 11.2. The van der Waals surface area contributed by atoms with Crippen molar-refractivity contribution < 1.29 is 23.9 Å². The molecule has 3 amide bonds. The molecule has 0 aliphatic carbocycles. The minimum absolute atomic E-state index is 0.0609. The van der Waals surface area contributed by atoms with Crippen LogP contribution in [0.15, 0.2) is 61.2 Å². The molecule has 1 atom stereocenters. The van der Waals surface area contributed by atoms with Gasteiger partial charge in [-0.2, -0.15) is 0 Å². The second kappa shape index (κ2) is 11.9. The summed E-state index contributed by atoms with van der Waals surface area (Å²) in [6.07, 6.45) is 2.77. The number of ether oxygens (including phenoxy) is 2. The van der Waals surface area contributed by atoms with Crippen molar-refractivity contribution in [3.8, 4) is 11.5 Å². The van der Waals surface area contributed by atoms with Crippen LogP contribution in [0.2, 0.25) is 0 Å². The van der Waals surface area contributed by atoms with E-state index in [1.165, 1.54) is 7.11 Å². The number of benzene rings is 2. The van der Waals surface area contributed by atoms with E-state index < -0.39 is 6.04 Å². The molecule has 1 aliphatic heterocycles. The number of carbonyl (C=O) groups is 3. The number of piperidine rings is 1. The number of amides is 3. The van der Waals surface area contributed by atoms with E-state index in [1.54, 1.807) is 66.6 Å². The Morgan fingerprint density at radius 2 is 1.71 bits per heavy atom. The van der Waals surface area contributed by atoms with E-state index in [0.717, 1.165) is 0 Å². The minimum atomic E-state index is -0.725. The fourth-order valence-corrected chi connectivity index (χ4v) is 4.02. The summed E-state index contributed by atoms with van der Waals surface area (Å²) in [5.74, 6) is 0.458. The van der Waals surface area contributed by atoms with Crippen LogP contribution in [0, 0.1) is 5.92 Å². The Hall–Kier alpha value is -3.81. The highest BCUT2D eigenvalue weighted by atomic mass is 16.5. The van der Waals surface area contributed by atoms with Crippen molar-refractivity contribution in [1.82, 2.24) is 15.5 Å². The Morgan fingerprint density at radius 1 is 1.03 bits per heavy atom. The molecule has 0 saturated carbocycles. The summed E-state index contributed by atoms with van der Waals surface area (Å²) in [5.41, 5.74) is 0.999. The minimum Gasteiger partial charge on any atom is -0.497 e. The van der Waals surface area contributed by atoms with Gasteiger partial charge in [-0.05, 0) is 61.2 Å². The first-order chi connectivity index (χ1) is 16.5. The average molecular weight is 466 g/mol. The van der Waals surface area contributed by atoms with Gasteiger partial charge in [0.1, 0.15) is 17.5 Å². The zero-order valence-corrected chi connectivity index (χ0v) is 19.6. The van der Waals surface area contributed by atoms with Crippen LogP contribution in [0.1, 0.15) is 33.6 Å². The van der Waals surface area contributed by atoms with Crippen molar-refractivity contribution in [2.24, 2.45) is 5.92 Å². The predicted molar refractivity (Wildman–Crippen MR) is 129 cm³/mol. The van der Waals surface area contributed by atoms with Crippen molar-refractivity contribution in [3.63, 3.8) is 0 Å². The van der Waals surface area contributed by atoms with Gasteiger partial charge in [0.15, 0.2) is 0 Å². The summed E-state index contributed by atoms with van der Waals surface area (Å²) >= 11 is 0. The van der Waals surface area contributed by atoms with Gasteiger partial charge in [-0.25, -0.2) is 0 Å². The van der Waals surface area contributed by atoms with Crippen molar-refractivity contribution in [3.05, 3.63) is 72.3 Å². The van der Waals surface area contributed by atoms with Gasteiger partial charge >= 0.3 is 0 Å². The summed E-state index contributed by atoms with van der Waals surface area (Å²) in [6, 6.07) is 13.1. The molecule has 1 aliphatic rings. The summed E-state index contributed by atoms with van der Waals surface area (Å²) in [5, 5.41) is 5.68. The van der Waals surface area contributed by atoms with Gasteiger partial charge in [0.05, 0.1) is 14.2 Å². The fraction of sp³-hybridized carbons (Fsp3) is 0.346. The molecule has 2 N–H and O–H groups in total. The number of nitrogens with one attached hydrogen (secondary N) is 2. The number of carbonyl (C=O) groups excluding carboxylic acids is 3. The van der Waals surface area contributed by atoms with E-state index in [9.17, 15) is 14.4 Å². The molecule has 0 unspecified atom stereocenters. The van der Waals surface area contributed by atoms with E-state index in [-0.39, 0.29) is 23.6 Å². The van der Waals surface area contributed by atoms with Gasteiger partial charge < -0.3 is 25.0 Å². The normalized spacial score (nSPS) is 14.6. The Labute approximate surface area is 199 Å². The zero-order valence-electron chi connectivity index (χ0n) is 19.6.